The van der Waals surface area contributed by atoms with Gasteiger partial charge in [-0.15, -0.1) is 0 Å². The van der Waals surface area contributed by atoms with Gasteiger partial charge in [0.15, 0.2) is 11.5 Å². The van der Waals surface area contributed by atoms with Gasteiger partial charge < -0.3 is 4.74 Å². The smallest absolute Gasteiger partial charge is 0.435 e. The van der Waals surface area contributed by atoms with Gasteiger partial charge in [-0.2, -0.15) is 18.3 Å². The highest BCUT2D eigenvalue weighted by Crippen LogP contribution is 2.31. The van der Waals surface area contributed by atoms with Gasteiger partial charge >= 0.3 is 6.18 Å². The standard InChI is InChI=1S/C14H10ClF3N4O3S/c1-6(23)11-12(25-2)26-13-19-7(3-10(24)22(11)13)5-21-9(15)4-8(20-21)14(16,17)18/h3-4H,5H2,1-2H3. The third-order valence-corrected chi connectivity index (χ3v) is 4.70. The molecule has 26 heavy (non-hydrogen) atoms. The second-order valence-corrected chi connectivity index (χ2v) is 6.54. The lowest BCUT2D eigenvalue weighted by atomic mass is 10.3. The normalized spacial score (nSPS) is 11.9. The number of hydrogen-bond donors (Lipinski definition) is 0. The topological polar surface area (TPSA) is 78.5 Å². The van der Waals surface area contributed by atoms with Crippen LogP contribution in [0.3, 0.4) is 0 Å². The fraction of sp³-hybridized carbons (Fsp3) is 0.286. The van der Waals surface area contributed by atoms with Crippen LogP contribution in [0, 0.1) is 0 Å². The number of halogens is 4. The molecule has 12 heteroatoms. The Balaban J connectivity index is 2.07. The number of carbonyl (C=O) groups excluding carboxylic acids is 1. The molecule has 0 spiro atoms. The van der Waals surface area contributed by atoms with Crippen LogP contribution in [0.4, 0.5) is 13.2 Å². The van der Waals surface area contributed by atoms with Crippen molar-refractivity contribution in [1.29, 1.82) is 0 Å². The first kappa shape index (κ1) is 18.4. The minimum Gasteiger partial charge on any atom is -0.486 e. The van der Waals surface area contributed by atoms with Crippen LogP contribution in [-0.2, 0) is 12.7 Å². The maximum absolute atomic E-state index is 12.7. The number of hydrogen-bond acceptors (Lipinski definition) is 6. The van der Waals surface area contributed by atoms with Gasteiger partial charge in [0.1, 0.15) is 10.8 Å². The predicted molar refractivity (Wildman–Crippen MR) is 87.2 cm³/mol. The van der Waals surface area contributed by atoms with Gasteiger partial charge in [-0.05, 0) is 0 Å². The summed E-state index contributed by atoms with van der Waals surface area (Å²) in [7, 11) is 1.35. The van der Waals surface area contributed by atoms with E-state index in [1.165, 1.54) is 14.0 Å². The fourth-order valence-corrected chi connectivity index (χ4v) is 3.54. The summed E-state index contributed by atoms with van der Waals surface area (Å²) < 4.78 is 45.2. The number of fused-ring (bicyclic) bond motifs is 1. The molecule has 138 valence electrons. The van der Waals surface area contributed by atoms with Gasteiger partial charge in [0, 0.05) is 19.1 Å². The molecule has 3 heterocycles. The Morgan fingerprint density at radius 1 is 1.38 bits per heavy atom. The number of nitrogens with zero attached hydrogens (tertiary/aromatic N) is 4. The molecule has 0 unspecified atom stereocenters. The number of thiazole rings is 1. The highest BCUT2D eigenvalue weighted by molar-refractivity contribution is 7.19. The van der Waals surface area contributed by atoms with Crippen molar-refractivity contribution < 1.29 is 22.7 Å². The van der Waals surface area contributed by atoms with E-state index < -0.39 is 17.4 Å². The first-order valence-electron chi connectivity index (χ1n) is 7.02. The first-order valence-corrected chi connectivity index (χ1v) is 8.22. The summed E-state index contributed by atoms with van der Waals surface area (Å²) in [6, 6.07) is 1.80. The number of ketones is 1. The average Bonchev–Trinajstić information content (AvgIpc) is 3.08. The monoisotopic (exact) mass is 406 g/mol. The molecule has 0 saturated heterocycles. The Labute approximate surface area is 152 Å². The molecule has 0 bridgehead atoms. The fourth-order valence-electron chi connectivity index (χ4n) is 2.32. The first-order chi connectivity index (χ1) is 12.1. The Morgan fingerprint density at radius 2 is 2.08 bits per heavy atom. The van der Waals surface area contributed by atoms with Gasteiger partial charge in [0.25, 0.3) is 5.56 Å². The molecule has 3 rings (SSSR count). The molecule has 7 nitrogen and oxygen atoms in total. The third kappa shape index (κ3) is 3.19. The summed E-state index contributed by atoms with van der Waals surface area (Å²) in [5.41, 5.74) is -1.49. The summed E-state index contributed by atoms with van der Waals surface area (Å²) in [4.78, 5) is 28.5. The molecule has 3 aromatic heterocycles. The predicted octanol–water partition coefficient (Wildman–Crippen LogP) is 2.88. The SMILES string of the molecule is COc1sc2nc(Cn3nc(C(F)(F)F)cc3Cl)cc(=O)n2c1C(C)=O. The van der Waals surface area contributed by atoms with Crippen LogP contribution in [-0.4, -0.2) is 32.1 Å². The Bertz CT molecular complexity index is 1070. The Morgan fingerprint density at radius 3 is 2.62 bits per heavy atom. The molecule has 0 N–H and O–H groups in total. The van der Waals surface area contributed by atoms with E-state index in [4.69, 9.17) is 16.3 Å². The summed E-state index contributed by atoms with van der Waals surface area (Å²) in [5.74, 6) is -0.380. The lowest BCUT2D eigenvalue weighted by Gasteiger charge is -2.04. The third-order valence-electron chi connectivity index (χ3n) is 3.39. The summed E-state index contributed by atoms with van der Waals surface area (Å²) in [6.07, 6.45) is -4.64. The van der Waals surface area contributed by atoms with Crippen molar-refractivity contribution in [1.82, 2.24) is 19.2 Å². The minimum atomic E-state index is -4.64. The molecule has 3 aromatic rings. The van der Waals surface area contributed by atoms with E-state index in [0.717, 1.165) is 26.5 Å². The zero-order valence-electron chi connectivity index (χ0n) is 13.3. The number of ether oxygens (including phenoxy) is 1. The maximum Gasteiger partial charge on any atom is 0.435 e. The van der Waals surface area contributed by atoms with Crippen LogP contribution < -0.4 is 10.3 Å². The van der Waals surface area contributed by atoms with Gasteiger partial charge in [0.05, 0.1) is 19.3 Å². The molecule has 0 saturated carbocycles. The number of alkyl halides is 3. The largest absolute Gasteiger partial charge is 0.486 e. The lowest BCUT2D eigenvalue weighted by molar-refractivity contribution is -0.141. The summed E-state index contributed by atoms with van der Waals surface area (Å²) >= 11 is 6.75. The van der Waals surface area contributed by atoms with Crippen molar-refractivity contribution in [3.05, 3.63) is 44.7 Å². The van der Waals surface area contributed by atoms with E-state index in [-0.39, 0.29) is 38.9 Å². The molecule has 0 aliphatic rings. The quantitative estimate of drug-likeness (QED) is 0.622. The summed E-state index contributed by atoms with van der Waals surface area (Å²) in [6.45, 7) is 1.04. The highest BCUT2D eigenvalue weighted by Gasteiger charge is 2.34. The second kappa shape index (κ2) is 6.40. The number of carbonyl (C=O) groups is 1. The van der Waals surface area contributed by atoms with Crippen LogP contribution in [0.2, 0.25) is 5.15 Å². The van der Waals surface area contributed by atoms with Crippen molar-refractivity contribution >= 4 is 33.7 Å². The minimum absolute atomic E-state index is 0.0630. The number of Topliss-reactive ketones (excluding diaryl/α,β-unsaturated/α-hetero) is 1. The maximum atomic E-state index is 12.7. The number of aromatic nitrogens is 4. The Hall–Kier alpha value is -2.40. The van der Waals surface area contributed by atoms with E-state index in [1.807, 2.05) is 0 Å². The molecule has 0 atom stereocenters. The van der Waals surface area contributed by atoms with Crippen molar-refractivity contribution in [3.63, 3.8) is 0 Å². The van der Waals surface area contributed by atoms with Crippen LogP contribution in [0.15, 0.2) is 16.9 Å². The van der Waals surface area contributed by atoms with Crippen LogP contribution >= 0.6 is 22.9 Å². The molecule has 0 radical (unpaired) electrons. The zero-order chi connectivity index (χ0) is 19.2. The molecular weight excluding hydrogens is 397 g/mol. The van der Waals surface area contributed by atoms with Crippen molar-refractivity contribution in [3.8, 4) is 5.06 Å². The lowest BCUT2D eigenvalue weighted by Crippen LogP contribution is -2.19. The average molecular weight is 407 g/mol. The highest BCUT2D eigenvalue weighted by atomic mass is 35.5. The summed E-state index contributed by atoms with van der Waals surface area (Å²) in [5, 5.41) is 3.36. The van der Waals surface area contributed by atoms with Crippen LogP contribution in [0.25, 0.3) is 4.96 Å². The van der Waals surface area contributed by atoms with Crippen molar-refractivity contribution in [2.24, 2.45) is 0 Å². The van der Waals surface area contributed by atoms with Gasteiger partial charge in [0.2, 0.25) is 10.0 Å². The second-order valence-electron chi connectivity index (χ2n) is 5.21. The molecule has 0 aromatic carbocycles. The van der Waals surface area contributed by atoms with Crippen molar-refractivity contribution in [2.75, 3.05) is 7.11 Å². The van der Waals surface area contributed by atoms with Gasteiger partial charge in [-0.3, -0.25) is 9.59 Å². The van der Waals surface area contributed by atoms with Crippen LogP contribution in [0.5, 0.6) is 5.06 Å². The molecule has 0 aliphatic heterocycles. The Kier molecular flexibility index (Phi) is 4.53. The number of rotatable bonds is 4. The number of methoxy groups -OCH3 is 1. The van der Waals surface area contributed by atoms with Gasteiger partial charge in [-0.25, -0.2) is 14.1 Å². The van der Waals surface area contributed by atoms with E-state index in [2.05, 4.69) is 10.1 Å². The van der Waals surface area contributed by atoms with E-state index >= 15 is 0 Å². The molecule has 0 aliphatic carbocycles. The van der Waals surface area contributed by atoms with Crippen LogP contribution in [0.1, 0.15) is 28.8 Å². The zero-order valence-corrected chi connectivity index (χ0v) is 14.9. The van der Waals surface area contributed by atoms with Crippen molar-refractivity contribution in [2.45, 2.75) is 19.6 Å². The van der Waals surface area contributed by atoms with E-state index in [0.29, 0.717) is 6.07 Å². The van der Waals surface area contributed by atoms with Gasteiger partial charge in [-0.1, -0.05) is 22.9 Å². The van der Waals surface area contributed by atoms with E-state index in [9.17, 15) is 22.8 Å². The molecule has 0 amide bonds. The van der Waals surface area contributed by atoms with E-state index in [1.54, 1.807) is 0 Å². The molecular formula is C14H10ClF3N4O3S. The molecule has 0 fully saturated rings.